The first kappa shape index (κ1) is 20.0. The molecule has 0 radical (unpaired) electrons. The Morgan fingerprint density at radius 2 is 2.00 bits per heavy atom. The summed E-state index contributed by atoms with van der Waals surface area (Å²) in [5.41, 5.74) is 2.36. The molecule has 0 aliphatic carbocycles. The summed E-state index contributed by atoms with van der Waals surface area (Å²) in [5.74, 6) is 0.0925. The van der Waals surface area contributed by atoms with Crippen LogP contribution >= 0.6 is 11.3 Å². The Bertz CT molecular complexity index is 895. The molecule has 3 aromatic rings. The molecule has 1 aromatic heterocycles. The number of fused-ring (bicyclic) bond motifs is 1. The Labute approximate surface area is 175 Å². The van der Waals surface area contributed by atoms with E-state index < -0.39 is 0 Å². The Morgan fingerprint density at radius 3 is 2.86 bits per heavy atom. The van der Waals surface area contributed by atoms with E-state index in [1.807, 2.05) is 24.3 Å². The Balaban J connectivity index is 1.16. The minimum absolute atomic E-state index is 0.0562. The lowest BCUT2D eigenvalue weighted by Gasteiger charge is -2.33. The number of ether oxygens (including phenoxy) is 1. The molecule has 152 valence electrons. The maximum absolute atomic E-state index is 12.2. The van der Waals surface area contributed by atoms with Crippen molar-refractivity contribution in [2.24, 2.45) is 0 Å². The highest BCUT2D eigenvalue weighted by Crippen LogP contribution is 2.22. The number of nitrogens with zero attached hydrogens (tertiary/aromatic N) is 2. The standard InChI is InChI=1S/C23H27N3O2S/c27-22(11-6-12-23-25-20-9-4-5-10-21(20)29-23)24-15-19-17-26(13-14-28-19)16-18-7-2-1-3-8-18/h1-5,7-10,19H,6,11-17H2,(H,24,27). The van der Waals surface area contributed by atoms with Gasteiger partial charge in [-0.25, -0.2) is 4.98 Å². The fraction of sp³-hybridized carbons (Fsp3) is 0.391. The summed E-state index contributed by atoms with van der Waals surface area (Å²) in [5, 5.41) is 4.14. The van der Waals surface area contributed by atoms with Crippen LogP contribution in [0.15, 0.2) is 54.6 Å². The minimum atomic E-state index is 0.0562. The SMILES string of the molecule is O=C(CCCc1nc2ccccc2s1)NCC1CN(Cc2ccccc2)CCO1. The van der Waals surface area contributed by atoms with Crippen LogP contribution in [0.1, 0.15) is 23.4 Å². The van der Waals surface area contributed by atoms with Gasteiger partial charge < -0.3 is 10.1 Å². The first-order valence-electron chi connectivity index (χ1n) is 10.3. The molecule has 1 saturated heterocycles. The molecule has 1 N–H and O–H groups in total. The molecule has 4 rings (SSSR count). The smallest absolute Gasteiger partial charge is 0.220 e. The van der Waals surface area contributed by atoms with E-state index in [0.717, 1.165) is 43.0 Å². The lowest BCUT2D eigenvalue weighted by atomic mass is 10.2. The molecule has 6 heteroatoms. The molecular weight excluding hydrogens is 382 g/mol. The molecule has 0 spiro atoms. The number of thiazole rings is 1. The molecule has 0 bridgehead atoms. The number of amides is 1. The summed E-state index contributed by atoms with van der Waals surface area (Å²) in [6.07, 6.45) is 2.24. The van der Waals surface area contributed by atoms with Gasteiger partial charge in [0.05, 0.1) is 27.9 Å². The van der Waals surface area contributed by atoms with E-state index in [-0.39, 0.29) is 12.0 Å². The predicted molar refractivity (Wildman–Crippen MR) is 117 cm³/mol. The number of benzene rings is 2. The van der Waals surface area contributed by atoms with Crippen molar-refractivity contribution in [1.29, 1.82) is 0 Å². The van der Waals surface area contributed by atoms with E-state index in [9.17, 15) is 4.79 Å². The van der Waals surface area contributed by atoms with E-state index in [1.165, 1.54) is 10.3 Å². The van der Waals surface area contributed by atoms with Crippen molar-refractivity contribution in [2.75, 3.05) is 26.2 Å². The van der Waals surface area contributed by atoms with Gasteiger partial charge in [-0.1, -0.05) is 42.5 Å². The third-order valence-electron chi connectivity index (χ3n) is 5.13. The number of para-hydroxylation sites is 1. The highest BCUT2D eigenvalue weighted by molar-refractivity contribution is 7.18. The number of carbonyl (C=O) groups is 1. The second kappa shape index (κ2) is 9.96. The number of nitrogens with one attached hydrogen (secondary N) is 1. The summed E-state index contributed by atoms with van der Waals surface area (Å²) in [4.78, 5) is 19.2. The third kappa shape index (κ3) is 5.85. The van der Waals surface area contributed by atoms with Gasteiger partial charge in [0.1, 0.15) is 0 Å². The van der Waals surface area contributed by atoms with Crippen LogP contribution in [0.3, 0.4) is 0 Å². The number of hydrogen-bond donors (Lipinski definition) is 1. The van der Waals surface area contributed by atoms with Crippen molar-refractivity contribution in [3.63, 3.8) is 0 Å². The highest BCUT2D eigenvalue weighted by atomic mass is 32.1. The number of rotatable bonds is 8. The van der Waals surface area contributed by atoms with Crippen molar-refractivity contribution in [3.8, 4) is 0 Å². The lowest BCUT2D eigenvalue weighted by molar-refractivity contribution is -0.122. The second-order valence-corrected chi connectivity index (χ2v) is 8.56. The molecule has 1 unspecified atom stereocenters. The van der Waals surface area contributed by atoms with Crippen LogP contribution in [0.5, 0.6) is 0 Å². The van der Waals surface area contributed by atoms with Crippen LogP contribution in [-0.2, 0) is 22.5 Å². The van der Waals surface area contributed by atoms with Crippen molar-refractivity contribution in [2.45, 2.75) is 31.9 Å². The molecular formula is C23H27N3O2S. The van der Waals surface area contributed by atoms with E-state index >= 15 is 0 Å². The molecule has 5 nitrogen and oxygen atoms in total. The Kier molecular flexibility index (Phi) is 6.87. The van der Waals surface area contributed by atoms with Crippen LogP contribution in [-0.4, -0.2) is 48.1 Å². The molecule has 1 atom stereocenters. The van der Waals surface area contributed by atoms with Gasteiger partial charge in [0.15, 0.2) is 0 Å². The van der Waals surface area contributed by atoms with Crippen LogP contribution < -0.4 is 5.32 Å². The third-order valence-corrected chi connectivity index (χ3v) is 6.23. The Hall–Kier alpha value is -2.28. The molecule has 1 fully saturated rings. The summed E-state index contributed by atoms with van der Waals surface area (Å²) in [6.45, 7) is 4.00. The predicted octanol–water partition coefficient (Wildman–Crippen LogP) is 3.64. The molecule has 29 heavy (non-hydrogen) atoms. The first-order chi connectivity index (χ1) is 14.3. The maximum atomic E-state index is 12.2. The average molecular weight is 410 g/mol. The second-order valence-electron chi connectivity index (χ2n) is 7.45. The minimum Gasteiger partial charge on any atom is -0.374 e. The number of hydrogen-bond acceptors (Lipinski definition) is 5. The molecule has 2 heterocycles. The molecule has 2 aromatic carbocycles. The van der Waals surface area contributed by atoms with Gasteiger partial charge in [0.25, 0.3) is 0 Å². The van der Waals surface area contributed by atoms with Gasteiger partial charge in [-0.15, -0.1) is 11.3 Å². The molecule has 1 amide bonds. The monoisotopic (exact) mass is 409 g/mol. The molecule has 0 saturated carbocycles. The van der Waals surface area contributed by atoms with Gasteiger partial charge in [-0.05, 0) is 30.5 Å². The van der Waals surface area contributed by atoms with Gasteiger partial charge in [0.2, 0.25) is 5.91 Å². The fourth-order valence-corrected chi connectivity index (χ4v) is 4.64. The zero-order valence-corrected chi connectivity index (χ0v) is 17.4. The van der Waals surface area contributed by atoms with Gasteiger partial charge >= 0.3 is 0 Å². The van der Waals surface area contributed by atoms with Crippen molar-refractivity contribution in [1.82, 2.24) is 15.2 Å². The number of aromatic nitrogens is 1. The average Bonchev–Trinajstić information content (AvgIpc) is 3.16. The number of aryl methyl sites for hydroxylation is 1. The quantitative estimate of drug-likeness (QED) is 0.617. The van der Waals surface area contributed by atoms with Crippen molar-refractivity contribution in [3.05, 3.63) is 65.2 Å². The zero-order chi connectivity index (χ0) is 19.9. The van der Waals surface area contributed by atoms with Gasteiger partial charge in [0, 0.05) is 32.6 Å². The highest BCUT2D eigenvalue weighted by Gasteiger charge is 2.21. The topological polar surface area (TPSA) is 54.5 Å². The van der Waals surface area contributed by atoms with Gasteiger partial charge in [-0.3, -0.25) is 9.69 Å². The van der Waals surface area contributed by atoms with Crippen molar-refractivity contribution >= 4 is 27.5 Å². The van der Waals surface area contributed by atoms with Crippen molar-refractivity contribution < 1.29 is 9.53 Å². The summed E-state index contributed by atoms with van der Waals surface area (Å²) in [6, 6.07) is 18.7. The van der Waals surface area contributed by atoms with Crippen LogP contribution in [0.25, 0.3) is 10.2 Å². The first-order valence-corrected chi connectivity index (χ1v) is 11.1. The lowest BCUT2D eigenvalue weighted by Crippen LogP contribution is -2.47. The fourth-order valence-electron chi connectivity index (χ4n) is 3.63. The number of carbonyl (C=O) groups excluding carboxylic acids is 1. The van der Waals surface area contributed by atoms with E-state index in [4.69, 9.17) is 4.74 Å². The molecule has 1 aliphatic rings. The maximum Gasteiger partial charge on any atom is 0.220 e. The van der Waals surface area contributed by atoms with Crippen LogP contribution in [0.2, 0.25) is 0 Å². The van der Waals surface area contributed by atoms with E-state index in [1.54, 1.807) is 11.3 Å². The van der Waals surface area contributed by atoms with Crippen LogP contribution in [0.4, 0.5) is 0 Å². The number of morpholine rings is 1. The summed E-state index contributed by atoms with van der Waals surface area (Å²) >= 11 is 1.72. The largest absolute Gasteiger partial charge is 0.374 e. The van der Waals surface area contributed by atoms with E-state index in [0.29, 0.717) is 19.6 Å². The Morgan fingerprint density at radius 1 is 1.17 bits per heavy atom. The molecule has 1 aliphatic heterocycles. The normalized spacial score (nSPS) is 17.4. The van der Waals surface area contributed by atoms with Gasteiger partial charge in [-0.2, -0.15) is 0 Å². The van der Waals surface area contributed by atoms with Crippen LogP contribution in [0, 0.1) is 0 Å². The summed E-state index contributed by atoms with van der Waals surface area (Å²) < 4.78 is 7.05. The zero-order valence-electron chi connectivity index (χ0n) is 16.5. The summed E-state index contributed by atoms with van der Waals surface area (Å²) in [7, 11) is 0. The van der Waals surface area contributed by atoms with E-state index in [2.05, 4.69) is 45.5 Å².